The Kier molecular flexibility index (Phi) is 3.34. The van der Waals surface area contributed by atoms with Crippen molar-refractivity contribution in [1.29, 1.82) is 0 Å². The predicted octanol–water partition coefficient (Wildman–Crippen LogP) is 2.03. The Labute approximate surface area is 96.8 Å². The fourth-order valence-corrected chi connectivity index (χ4v) is 2.23. The molecule has 0 spiro atoms. The standard InChI is InChI=1S/C13H19NO2/c1-14-8-10-6-11(10)9-4-5-12(15-2)13(7-9)16-3/h4-5,7,10-11,14H,6,8H2,1-3H3/t10-,11+/m0/s1. The van der Waals surface area contributed by atoms with E-state index in [2.05, 4.69) is 17.4 Å². The van der Waals surface area contributed by atoms with Gasteiger partial charge in [0.05, 0.1) is 14.2 Å². The third kappa shape index (κ3) is 2.14. The van der Waals surface area contributed by atoms with Gasteiger partial charge in [-0.1, -0.05) is 6.07 Å². The van der Waals surface area contributed by atoms with E-state index in [4.69, 9.17) is 9.47 Å². The van der Waals surface area contributed by atoms with Gasteiger partial charge in [-0.2, -0.15) is 0 Å². The molecule has 16 heavy (non-hydrogen) atoms. The monoisotopic (exact) mass is 221 g/mol. The van der Waals surface area contributed by atoms with Crippen LogP contribution in [-0.2, 0) is 0 Å². The first-order valence-electron chi connectivity index (χ1n) is 5.66. The lowest BCUT2D eigenvalue weighted by Crippen LogP contribution is -2.10. The molecule has 1 aromatic rings. The quantitative estimate of drug-likeness (QED) is 0.825. The number of nitrogens with one attached hydrogen (secondary N) is 1. The molecule has 0 amide bonds. The minimum absolute atomic E-state index is 0.687. The molecule has 0 aromatic heterocycles. The van der Waals surface area contributed by atoms with Gasteiger partial charge in [-0.05, 0) is 49.5 Å². The average Bonchev–Trinajstić information content (AvgIpc) is 3.08. The van der Waals surface area contributed by atoms with Crippen LogP contribution in [0.3, 0.4) is 0 Å². The van der Waals surface area contributed by atoms with Crippen LogP contribution in [0.15, 0.2) is 18.2 Å². The Morgan fingerprint density at radius 3 is 2.62 bits per heavy atom. The van der Waals surface area contributed by atoms with E-state index in [-0.39, 0.29) is 0 Å². The SMILES string of the molecule is CNC[C@@H]1C[C@@H]1c1ccc(OC)c(OC)c1. The van der Waals surface area contributed by atoms with Gasteiger partial charge < -0.3 is 14.8 Å². The number of rotatable bonds is 5. The molecule has 2 rings (SSSR count). The lowest BCUT2D eigenvalue weighted by atomic mass is 10.1. The molecular formula is C13H19NO2. The smallest absolute Gasteiger partial charge is 0.160 e. The highest BCUT2D eigenvalue weighted by Gasteiger charge is 2.37. The zero-order valence-corrected chi connectivity index (χ0v) is 10.1. The normalized spacial score (nSPS) is 22.9. The summed E-state index contributed by atoms with van der Waals surface area (Å²) in [4.78, 5) is 0. The number of ether oxygens (including phenoxy) is 2. The van der Waals surface area contributed by atoms with Gasteiger partial charge in [0, 0.05) is 0 Å². The van der Waals surface area contributed by atoms with Crippen LogP contribution in [0.5, 0.6) is 11.5 Å². The lowest BCUT2D eigenvalue weighted by molar-refractivity contribution is 0.354. The maximum absolute atomic E-state index is 5.31. The first-order valence-corrected chi connectivity index (χ1v) is 5.66. The molecule has 1 aromatic carbocycles. The van der Waals surface area contributed by atoms with E-state index in [1.807, 2.05) is 13.1 Å². The van der Waals surface area contributed by atoms with E-state index >= 15 is 0 Å². The van der Waals surface area contributed by atoms with Crippen LogP contribution in [0.25, 0.3) is 0 Å². The van der Waals surface area contributed by atoms with Crippen molar-refractivity contribution in [3.63, 3.8) is 0 Å². The molecular weight excluding hydrogens is 202 g/mol. The Balaban J connectivity index is 2.12. The van der Waals surface area contributed by atoms with Gasteiger partial charge in [0.1, 0.15) is 0 Å². The van der Waals surface area contributed by atoms with E-state index in [1.165, 1.54) is 12.0 Å². The van der Waals surface area contributed by atoms with Crippen LogP contribution in [0.1, 0.15) is 17.9 Å². The topological polar surface area (TPSA) is 30.5 Å². The predicted molar refractivity (Wildman–Crippen MR) is 64.3 cm³/mol. The Morgan fingerprint density at radius 2 is 2.00 bits per heavy atom. The molecule has 3 heteroatoms. The van der Waals surface area contributed by atoms with Crippen molar-refractivity contribution in [3.05, 3.63) is 23.8 Å². The second-order valence-electron chi connectivity index (χ2n) is 4.27. The summed E-state index contributed by atoms with van der Waals surface area (Å²) >= 11 is 0. The minimum Gasteiger partial charge on any atom is -0.493 e. The van der Waals surface area contributed by atoms with Gasteiger partial charge in [-0.3, -0.25) is 0 Å². The highest BCUT2D eigenvalue weighted by molar-refractivity contribution is 5.45. The fraction of sp³-hybridized carbons (Fsp3) is 0.538. The summed E-state index contributed by atoms with van der Waals surface area (Å²) in [5, 5.41) is 3.22. The fourth-order valence-electron chi connectivity index (χ4n) is 2.23. The molecule has 1 aliphatic rings. The number of methoxy groups -OCH3 is 2. The van der Waals surface area contributed by atoms with Crippen molar-refractivity contribution in [2.24, 2.45) is 5.92 Å². The zero-order valence-electron chi connectivity index (χ0n) is 10.1. The molecule has 0 saturated heterocycles. The van der Waals surface area contributed by atoms with Gasteiger partial charge in [-0.25, -0.2) is 0 Å². The summed E-state index contributed by atoms with van der Waals surface area (Å²) in [5.41, 5.74) is 1.36. The summed E-state index contributed by atoms with van der Waals surface area (Å²) in [6.45, 7) is 1.10. The van der Waals surface area contributed by atoms with Gasteiger partial charge in [0.2, 0.25) is 0 Å². The number of benzene rings is 1. The third-order valence-corrected chi connectivity index (χ3v) is 3.22. The maximum Gasteiger partial charge on any atom is 0.160 e. The van der Waals surface area contributed by atoms with Crippen LogP contribution in [0.2, 0.25) is 0 Å². The van der Waals surface area contributed by atoms with E-state index in [0.29, 0.717) is 5.92 Å². The van der Waals surface area contributed by atoms with Crippen molar-refractivity contribution in [2.45, 2.75) is 12.3 Å². The molecule has 3 nitrogen and oxygen atoms in total. The van der Waals surface area contributed by atoms with E-state index in [0.717, 1.165) is 24.0 Å². The summed E-state index contributed by atoms with van der Waals surface area (Å²) < 4.78 is 10.5. The number of hydrogen-bond donors (Lipinski definition) is 1. The molecule has 1 saturated carbocycles. The van der Waals surface area contributed by atoms with Crippen molar-refractivity contribution < 1.29 is 9.47 Å². The summed E-state index contributed by atoms with van der Waals surface area (Å²) in [7, 11) is 5.35. The maximum atomic E-state index is 5.31. The van der Waals surface area contributed by atoms with Crippen molar-refractivity contribution in [3.8, 4) is 11.5 Å². The van der Waals surface area contributed by atoms with Crippen LogP contribution in [0.4, 0.5) is 0 Å². The first kappa shape index (κ1) is 11.3. The molecule has 0 heterocycles. The average molecular weight is 221 g/mol. The zero-order chi connectivity index (χ0) is 11.5. The van der Waals surface area contributed by atoms with E-state index < -0.39 is 0 Å². The second kappa shape index (κ2) is 4.74. The number of hydrogen-bond acceptors (Lipinski definition) is 3. The highest BCUT2D eigenvalue weighted by atomic mass is 16.5. The molecule has 88 valence electrons. The molecule has 1 N–H and O–H groups in total. The van der Waals surface area contributed by atoms with Crippen molar-refractivity contribution >= 4 is 0 Å². The van der Waals surface area contributed by atoms with Crippen LogP contribution in [-0.4, -0.2) is 27.8 Å². The highest BCUT2D eigenvalue weighted by Crippen LogP contribution is 2.48. The largest absolute Gasteiger partial charge is 0.493 e. The van der Waals surface area contributed by atoms with Crippen LogP contribution < -0.4 is 14.8 Å². The van der Waals surface area contributed by atoms with Crippen LogP contribution in [0, 0.1) is 5.92 Å². The Bertz CT molecular complexity index is 365. The third-order valence-electron chi connectivity index (χ3n) is 3.22. The Hall–Kier alpha value is -1.22. The van der Waals surface area contributed by atoms with Gasteiger partial charge in [0.15, 0.2) is 11.5 Å². The van der Waals surface area contributed by atoms with Crippen molar-refractivity contribution in [1.82, 2.24) is 5.32 Å². The summed E-state index contributed by atoms with van der Waals surface area (Å²) in [5.74, 6) is 3.10. The first-order chi connectivity index (χ1) is 7.80. The summed E-state index contributed by atoms with van der Waals surface area (Å²) in [6.07, 6.45) is 1.27. The summed E-state index contributed by atoms with van der Waals surface area (Å²) in [6, 6.07) is 6.23. The molecule has 0 unspecified atom stereocenters. The molecule has 1 fully saturated rings. The van der Waals surface area contributed by atoms with Crippen LogP contribution >= 0.6 is 0 Å². The van der Waals surface area contributed by atoms with E-state index in [9.17, 15) is 0 Å². The van der Waals surface area contributed by atoms with Gasteiger partial charge in [-0.15, -0.1) is 0 Å². The van der Waals surface area contributed by atoms with Crippen molar-refractivity contribution in [2.75, 3.05) is 27.8 Å². The molecule has 1 aliphatic carbocycles. The van der Waals surface area contributed by atoms with Gasteiger partial charge in [0.25, 0.3) is 0 Å². The Morgan fingerprint density at radius 1 is 1.25 bits per heavy atom. The molecule has 0 bridgehead atoms. The molecule has 0 aliphatic heterocycles. The van der Waals surface area contributed by atoms with E-state index in [1.54, 1.807) is 14.2 Å². The molecule has 2 atom stereocenters. The van der Waals surface area contributed by atoms with Gasteiger partial charge >= 0.3 is 0 Å². The lowest BCUT2D eigenvalue weighted by Gasteiger charge is -2.09. The minimum atomic E-state index is 0.687. The molecule has 0 radical (unpaired) electrons. The second-order valence-corrected chi connectivity index (χ2v) is 4.27.